The Morgan fingerprint density at radius 1 is 0.765 bits per heavy atom. The van der Waals surface area contributed by atoms with Crippen LogP contribution >= 0.6 is 0 Å². The summed E-state index contributed by atoms with van der Waals surface area (Å²) in [5.74, 6) is -0.763. The Morgan fingerprint density at radius 2 is 1.50 bits per heavy atom. The lowest BCUT2D eigenvalue weighted by Crippen LogP contribution is -2.15. The van der Waals surface area contributed by atoms with Crippen molar-refractivity contribution in [3.63, 3.8) is 0 Å². The van der Waals surface area contributed by atoms with Gasteiger partial charge in [0, 0.05) is 29.8 Å². The number of esters is 1. The molecule has 176 valence electrons. The van der Waals surface area contributed by atoms with Crippen LogP contribution in [0.4, 0.5) is 11.4 Å². The molecule has 0 fully saturated rings. The number of rotatable bonds is 11. The van der Waals surface area contributed by atoms with Crippen LogP contribution in [0, 0.1) is 6.92 Å². The van der Waals surface area contributed by atoms with Crippen LogP contribution in [0.2, 0.25) is 0 Å². The molecule has 0 spiro atoms. The van der Waals surface area contributed by atoms with Crippen LogP contribution in [0.5, 0.6) is 0 Å². The number of amides is 2. The van der Waals surface area contributed by atoms with Gasteiger partial charge in [-0.15, -0.1) is 0 Å². The van der Waals surface area contributed by atoms with E-state index in [0.717, 1.165) is 18.4 Å². The molecule has 6 heteroatoms. The summed E-state index contributed by atoms with van der Waals surface area (Å²) >= 11 is 0. The van der Waals surface area contributed by atoms with E-state index in [1.807, 2.05) is 61.5 Å². The number of nitrogens with one attached hydrogen (secondary N) is 2. The average molecular weight is 459 g/mol. The summed E-state index contributed by atoms with van der Waals surface area (Å²) in [5, 5.41) is 5.64. The van der Waals surface area contributed by atoms with Crippen molar-refractivity contribution < 1.29 is 19.1 Å². The van der Waals surface area contributed by atoms with Crippen LogP contribution in [-0.4, -0.2) is 24.4 Å². The lowest BCUT2D eigenvalue weighted by molar-refractivity contribution is -0.143. The maximum atomic E-state index is 12.5. The summed E-state index contributed by atoms with van der Waals surface area (Å²) in [4.78, 5) is 36.7. The minimum absolute atomic E-state index is 0.192. The molecular weight excluding hydrogens is 428 g/mol. The third-order valence-electron chi connectivity index (χ3n) is 5.18. The molecule has 0 aromatic heterocycles. The standard InChI is InChI=1S/C28H30N2O4/c1-21-9-5-14-24(19-21)30-28(33)23-13-6-15-25(20-23)29-26(31)16-7-17-27(32)34-18-8-12-22-10-3-2-4-11-22/h2-6,9-11,13-15,19-20H,7-8,12,16-18H2,1H3,(H,29,31)(H,30,33). The van der Waals surface area contributed by atoms with E-state index in [-0.39, 0.29) is 30.6 Å². The Kier molecular flexibility index (Phi) is 9.40. The minimum atomic E-state index is -0.296. The van der Waals surface area contributed by atoms with Crippen molar-refractivity contribution in [3.05, 3.63) is 95.6 Å². The lowest BCUT2D eigenvalue weighted by Gasteiger charge is -2.09. The molecule has 0 aliphatic carbocycles. The van der Waals surface area contributed by atoms with Gasteiger partial charge in [-0.3, -0.25) is 14.4 Å². The third kappa shape index (κ3) is 8.54. The zero-order valence-electron chi connectivity index (χ0n) is 19.4. The molecule has 0 aliphatic rings. The van der Waals surface area contributed by atoms with Crippen LogP contribution in [0.1, 0.15) is 47.2 Å². The van der Waals surface area contributed by atoms with E-state index >= 15 is 0 Å². The van der Waals surface area contributed by atoms with Crippen LogP contribution < -0.4 is 10.6 Å². The van der Waals surface area contributed by atoms with Crippen molar-refractivity contribution in [2.24, 2.45) is 0 Å². The Labute approximate surface area is 200 Å². The highest BCUT2D eigenvalue weighted by Gasteiger charge is 2.10. The summed E-state index contributed by atoms with van der Waals surface area (Å²) in [6, 6.07) is 24.3. The van der Waals surface area contributed by atoms with Gasteiger partial charge >= 0.3 is 5.97 Å². The summed E-state index contributed by atoms with van der Waals surface area (Å²) in [7, 11) is 0. The van der Waals surface area contributed by atoms with Crippen LogP contribution in [-0.2, 0) is 20.7 Å². The lowest BCUT2D eigenvalue weighted by atomic mass is 10.1. The van der Waals surface area contributed by atoms with Crippen LogP contribution in [0.3, 0.4) is 0 Å². The fraction of sp³-hybridized carbons (Fsp3) is 0.250. The van der Waals surface area contributed by atoms with Gasteiger partial charge in [-0.05, 0) is 67.6 Å². The largest absolute Gasteiger partial charge is 0.466 e. The van der Waals surface area contributed by atoms with Gasteiger partial charge < -0.3 is 15.4 Å². The van der Waals surface area contributed by atoms with E-state index in [4.69, 9.17) is 4.74 Å². The molecule has 2 amide bonds. The van der Waals surface area contributed by atoms with Gasteiger partial charge in [-0.2, -0.15) is 0 Å². The highest BCUT2D eigenvalue weighted by molar-refractivity contribution is 6.05. The second-order valence-corrected chi connectivity index (χ2v) is 8.12. The van der Waals surface area contributed by atoms with E-state index in [1.165, 1.54) is 5.56 Å². The van der Waals surface area contributed by atoms with Crippen LogP contribution in [0.25, 0.3) is 0 Å². The predicted molar refractivity (Wildman–Crippen MR) is 134 cm³/mol. The molecule has 0 bridgehead atoms. The number of carbonyl (C=O) groups is 3. The second-order valence-electron chi connectivity index (χ2n) is 8.12. The number of ether oxygens (including phenoxy) is 1. The quantitative estimate of drug-likeness (QED) is 0.292. The maximum Gasteiger partial charge on any atom is 0.305 e. The Bertz CT molecular complexity index is 1110. The van der Waals surface area contributed by atoms with E-state index in [0.29, 0.717) is 30.0 Å². The third-order valence-corrected chi connectivity index (χ3v) is 5.18. The molecule has 3 aromatic carbocycles. The molecule has 6 nitrogen and oxygen atoms in total. The van der Waals surface area contributed by atoms with Gasteiger partial charge in [0.25, 0.3) is 5.91 Å². The van der Waals surface area contributed by atoms with Crippen molar-refractivity contribution >= 4 is 29.2 Å². The monoisotopic (exact) mass is 458 g/mol. The molecule has 0 radical (unpaired) electrons. The fourth-order valence-electron chi connectivity index (χ4n) is 3.46. The summed E-state index contributed by atoms with van der Waals surface area (Å²) in [5.41, 5.74) is 3.96. The van der Waals surface area contributed by atoms with Gasteiger partial charge in [0.2, 0.25) is 5.91 Å². The van der Waals surface area contributed by atoms with Gasteiger partial charge in [0.1, 0.15) is 0 Å². The second kappa shape index (κ2) is 12.9. The zero-order chi connectivity index (χ0) is 24.2. The topological polar surface area (TPSA) is 84.5 Å². The fourth-order valence-corrected chi connectivity index (χ4v) is 3.46. The maximum absolute atomic E-state index is 12.5. The van der Waals surface area contributed by atoms with Gasteiger partial charge in [0.05, 0.1) is 6.61 Å². The Hall–Kier alpha value is -3.93. The van der Waals surface area contributed by atoms with E-state index < -0.39 is 0 Å². The molecule has 34 heavy (non-hydrogen) atoms. The van der Waals surface area contributed by atoms with Gasteiger partial charge in [-0.25, -0.2) is 0 Å². The zero-order valence-corrected chi connectivity index (χ0v) is 19.4. The van der Waals surface area contributed by atoms with Gasteiger partial charge in [-0.1, -0.05) is 48.5 Å². The molecule has 3 aromatic rings. The smallest absolute Gasteiger partial charge is 0.305 e. The first kappa shape index (κ1) is 24.7. The molecule has 0 saturated heterocycles. The minimum Gasteiger partial charge on any atom is -0.466 e. The van der Waals surface area contributed by atoms with E-state index in [9.17, 15) is 14.4 Å². The normalized spacial score (nSPS) is 10.4. The first-order chi connectivity index (χ1) is 16.5. The molecular formula is C28H30N2O4. The van der Waals surface area contributed by atoms with Crippen molar-refractivity contribution in [2.45, 2.75) is 39.0 Å². The molecule has 0 atom stereocenters. The highest BCUT2D eigenvalue weighted by atomic mass is 16.5. The first-order valence-electron chi connectivity index (χ1n) is 11.5. The molecule has 0 aliphatic heterocycles. The molecule has 0 unspecified atom stereocenters. The summed E-state index contributed by atoms with van der Waals surface area (Å²) in [6.45, 7) is 2.33. The first-order valence-corrected chi connectivity index (χ1v) is 11.5. The number of benzene rings is 3. The van der Waals surface area contributed by atoms with Crippen molar-refractivity contribution in [3.8, 4) is 0 Å². The molecule has 0 heterocycles. The predicted octanol–water partition coefficient (Wildman–Crippen LogP) is 5.53. The van der Waals surface area contributed by atoms with E-state index in [2.05, 4.69) is 10.6 Å². The molecule has 0 saturated carbocycles. The van der Waals surface area contributed by atoms with Crippen molar-refractivity contribution in [1.29, 1.82) is 0 Å². The summed E-state index contributed by atoms with van der Waals surface area (Å²) < 4.78 is 5.25. The molecule has 3 rings (SSSR count). The number of aryl methyl sites for hydroxylation is 2. The van der Waals surface area contributed by atoms with E-state index in [1.54, 1.807) is 24.3 Å². The SMILES string of the molecule is Cc1cccc(NC(=O)c2cccc(NC(=O)CCCC(=O)OCCCc3ccccc3)c2)c1. The number of carbonyl (C=O) groups excluding carboxylic acids is 3. The molecule has 2 N–H and O–H groups in total. The highest BCUT2D eigenvalue weighted by Crippen LogP contribution is 2.15. The Balaban J connectivity index is 1.36. The van der Waals surface area contributed by atoms with Crippen molar-refractivity contribution in [1.82, 2.24) is 0 Å². The summed E-state index contributed by atoms with van der Waals surface area (Å²) in [6.07, 6.45) is 2.41. The van der Waals surface area contributed by atoms with Crippen molar-refractivity contribution in [2.75, 3.05) is 17.2 Å². The number of hydrogen-bond donors (Lipinski definition) is 2. The Morgan fingerprint density at radius 3 is 2.26 bits per heavy atom. The van der Waals surface area contributed by atoms with Gasteiger partial charge in [0.15, 0.2) is 0 Å². The number of anilines is 2. The number of hydrogen-bond acceptors (Lipinski definition) is 4. The van der Waals surface area contributed by atoms with Crippen LogP contribution in [0.15, 0.2) is 78.9 Å². The average Bonchev–Trinajstić information content (AvgIpc) is 2.83.